The predicted molar refractivity (Wildman–Crippen MR) is 84.1 cm³/mol. The first-order valence-electron chi connectivity index (χ1n) is 6.83. The first-order chi connectivity index (χ1) is 9.61. The largest absolute Gasteiger partial charge is 0.466 e. The van der Waals surface area contributed by atoms with E-state index in [-0.39, 0.29) is 11.9 Å². The lowest BCUT2D eigenvalue weighted by atomic mass is 9.97. The molecule has 1 aliphatic heterocycles. The lowest BCUT2D eigenvalue weighted by Gasteiger charge is -2.33. The molecule has 1 aliphatic rings. The predicted octanol–water partition coefficient (Wildman–Crippen LogP) is 3.29. The summed E-state index contributed by atoms with van der Waals surface area (Å²) in [5, 5.41) is 0.694. The molecule has 0 radical (unpaired) electrons. The number of ether oxygens (including phenoxy) is 1. The van der Waals surface area contributed by atoms with E-state index in [0.717, 1.165) is 29.9 Å². The summed E-state index contributed by atoms with van der Waals surface area (Å²) in [7, 11) is 0. The smallest absolute Gasteiger partial charge is 0.310 e. The van der Waals surface area contributed by atoms with Crippen LogP contribution in [-0.2, 0) is 9.53 Å². The van der Waals surface area contributed by atoms with Crippen LogP contribution in [0.4, 0.5) is 0 Å². The van der Waals surface area contributed by atoms with Gasteiger partial charge in [-0.2, -0.15) is 0 Å². The lowest BCUT2D eigenvalue weighted by molar-refractivity contribution is -0.149. The fourth-order valence-electron chi connectivity index (χ4n) is 2.39. The Morgan fingerprint density at radius 2 is 2.15 bits per heavy atom. The first-order valence-corrected chi connectivity index (χ1v) is 7.62. The minimum Gasteiger partial charge on any atom is -0.466 e. The summed E-state index contributed by atoms with van der Waals surface area (Å²) in [6.45, 7) is 3.78. The van der Waals surface area contributed by atoms with Crippen molar-refractivity contribution in [3.63, 3.8) is 0 Å². The van der Waals surface area contributed by atoms with Gasteiger partial charge in [-0.15, -0.1) is 0 Å². The molecule has 1 unspecified atom stereocenters. The van der Waals surface area contributed by atoms with E-state index in [1.54, 1.807) is 0 Å². The SMILES string of the molecule is CCOC(=O)C1CCCN(C(=S)c2ccc(Cl)cc2)C1. The van der Waals surface area contributed by atoms with Gasteiger partial charge in [0.25, 0.3) is 0 Å². The molecule has 0 bridgehead atoms. The van der Waals surface area contributed by atoms with E-state index >= 15 is 0 Å². The van der Waals surface area contributed by atoms with Gasteiger partial charge in [-0.25, -0.2) is 0 Å². The number of halogens is 1. The van der Waals surface area contributed by atoms with Gasteiger partial charge in [-0.1, -0.05) is 36.0 Å². The second-order valence-electron chi connectivity index (χ2n) is 4.85. The number of hydrogen-bond acceptors (Lipinski definition) is 3. The summed E-state index contributed by atoms with van der Waals surface area (Å²) in [6, 6.07) is 7.49. The molecule has 108 valence electrons. The Hall–Kier alpha value is -1.13. The lowest BCUT2D eigenvalue weighted by Crippen LogP contribution is -2.42. The monoisotopic (exact) mass is 311 g/mol. The van der Waals surface area contributed by atoms with E-state index in [2.05, 4.69) is 4.90 Å². The van der Waals surface area contributed by atoms with Crippen molar-refractivity contribution in [2.24, 2.45) is 5.92 Å². The van der Waals surface area contributed by atoms with Crippen LogP contribution in [-0.4, -0.2) is 35.6 Å². The summed E-state index contributed by atoms with van der Waals surface area (Å²) in [4.78, 5) is 14.7. The van der Waals surface area contributed by atoms with E-state index in [4.69, 9.17) is 28.6 Å². The van der Waals surface area contributed by atoms with Crippen LogP contribution in [0.3, 0.4) is 0 Å². The molecular formula is C15H18ClNO2S. The van der Waals surface area contributed by atoms with Gasteiger partial charge in [0.05, 0.1) is 12.5 Å². The molecule has 0 saturated carbocycles. The van der Waals surface area contributed by atoms with Crippen LogP contribution in [0.15, 0.2) is 24.3 Å². The highest BCUT2D eigenvalue weighted by molar-refractivity contribution is 7.80. The molecule has 1 heterocycles. The van der Waals surface area contributed by atoms with Crippen molar-refractivity contribution in [1.29, 1.82) is 0 Å². The average molecular weight is 312 g/mol. The number of hydrogen-bond donors (Lipinski definition) is 0. The maximum Gasteiger partial charge on any atom is 0.310 e. The van der Waals surface area contributed by atoms with Crippen molar-refractivity contribution in [3.8, 4) is 0 Å². The summed E-state index contributed by atoms with van der Waals surface area (Å²) in [6.07, 6.45) is 1.83. The third kappa shape index (κ3) is 3.70. The molecule has 0 aromatic heterocycles. The van der Waals surface area contributed by atoms with Crippen molar-refractivity contribution in [1.82, 2.24) is 4.90 Å². The molecule has 3 nitrogen and oxygen atoms in total. The first kappa shape index (κ1) is 15.3. The Bertz CT molecular complexity index is 489. The van der Waals surface area contributed by atoms with E-state index in [1.165, 1.54) is 0 Å². The zero-order valence-corrected chi connectivity index (χ0v) is 13.0. The normalized spacial score (nSPS) is 18.7. The highest BCUT2D eigenvalue weighted by Gasteiger charge is 2.28. The topological polar surface area (TPSA) is 29.5 Å². The number of thiocarbonyl (C=S) groups is 1. The average Bonchev–Trinajstić information content (AvgIpc) is 2.48. The molecule has 1 fully saturated rings. The Morgan fingerprint density at radius 1 is 1.45 bits per heavy atom. The van der Waals surface area contributed by atoms with Gasteiger partial charge in [0.15, 0.2) is 0 Å². The molecule has 1 saturated heterocycles. The standard InChI is InChI=1S/C15H18ClNO2S/c1-2-19-15(18)12-4-3-9-17(10-12)14(20)11-5-7-13(16)8-6-11/h5-8,12H,2-4,9-10H2,1H3. The maximum atomic E-state index is 11.8. The molecule has 0 spiro atoms. The second-order valence-corrected chi connectivity index (χ2v) is 5.67. The number of rotatable bonds is 3. The zero-order chi connectivity index (χ0) is 14.5. The highest BCUT2D eigenvalue weighted by Crippen LogP contribution is 2.21. The number of nitrogens with zero attached hydrogens (tertiary/aromatic N) is 1. The van der Waals surface area contributed by atoms with Crippen LogP contribution in [0.5, 0.6) is 0 Å². The Morgan fingerprint density at radius 3 is 2.80 bits per heavy atom. The van der Waals surface area contributed by atoms with Gasteiger partial charge in [-0.05, 0) is 31.9 Å². The van der Waals surface area contributed by atoms with Crippen LogP contribution in [0.1, 0.15) is 25.3 Å². The highest BCUT2D eigenvalue weighted by atomic mass is 35.5. The number of likely N-dealkylation sites (tertiary alicyclic amines) is 1. The van der Waals surface area contributed by atoms with E-state index in [9.17, 15) is 4.79 Å². The minimum atomic E-state index is -0.115. The number of esters is 1. The van der Waals surface area contributed by atoms with Gasteiger partial charge in [0, 0.05) is 23.7 Å². The van der Waals surface area contributed by atoms with Crippen LogP contribution in [0, 0.1) is 5.92 Å². The molecule has 5 heteroatoms. The number of benzene rings is 1. The van der Waals surface area contributed by atoms with Gasteiger partial charge in [0.1, 0.15) is 4.99 Å². The quantitative estimate of drug-likeness (QED) is 0.633. The number of carbonyl (C=O) groups is 1. The molecule has 1 atom stereocenters. The summed E-state index contributed by atoms with van der Waals surface area (Å²) in [5.74, 6) is -0.190. The van der Waals surface area contributed by atoms with Crippen molar-refractivity contribution >= 4 is 34.8 Å². The van der Waals surface area contributed by atoms with Crippen LogP contribution >= 0.6 is 23.8 Å². The molecular weight excluding hydrogens is 294 g/mol. The van der Waals surface area contributed by atoms with Crippen LogP contribution < -0.4 is 0 Å². The summed E-state index contributed by atoms with van der Waals surface area (Å²) >= 11 is 11.4. The Labute approximate surface area is 129 Å². The second kappa shape index (κ2) is 7.04. The van der Waals surface area contributed by atoms with E-state index in [1.807, 2.05) is 31.2 Å². The zero-order valence-electron chi connectivity index (χ0n) is 11.5. The van der Waals surface area contributed by atoms with Crippen molar-refractivity contribution in [2.45, 2.75) is 19.8 Å². The molecule has 1 aromatic rings. The van der Waals surface area contributed by atoms with Crippen molar-refractivity contribution in [2.75, 3.05) is 19.7 Å². The fourth-order valence-corrected chi connectivity index (χ4v) is 2.82. The third-order valence-corrected chi connectivity index (χ3v) is 4.17. The van der Waals surface area contributed by atoms with Gasteiger partial charge in [-0.3, -0.25) is 4.79 Å². The summed E-state index contributed by atoms with van der Waals surface area (Å²) in [5.41, 5.74) is 0.967. The minimum absolute atomic E-state index is 0.0750. The van der Waals surface area contributed by atoms with Gasteiger partial charge in [0.2, 0.25) is 0 Å². The molecule has 0 N–H and O–H groups in total. The Balaban J connectivity index is 2.03. The van der Waals surface area contributed by atoms with Crippen molar-refractivity contribution in [3.05, 3.63) is 34.9 Å². The van der Waals surface area contributed by atoms with Crippen LogP contribution in [0.2, 0.25) is 5.02 Å². The fraction of sp³-hybridized carbons (Fsp3) is 0.467. The number of piperidine rings is 1. The Kier molecular flexibility index (Phi) is 5.38. The van der Waals surface area contributed by atoms with Crippen LogP contribution in [0.25, 0.3) is 0 Å². The number of carbonyl (C=O) groups excluding carboxylic acids is 1. The molecule has 20 heavy (non-hydrogen) atoms. The van der Waals surface area contributed by atoms with Gasteiger partial charge < -0.3 is 9.64 Å². The van der Waals surface area contributed by atoms with E-state index in [0.29, 0.717) is 18.2 Å². The van der Waals surface area contributed by atoms with E-state index < -0.39 is 0 Å². The van der Waals surface area contributed by atoms with Gasteiger partial charge >= 0.3 is 5.97 Å². The molecule has 1 aromatic carbocycles. The molecule has 0 aliphatic carbocycles. The maximum absolute atomic E-state index is 11.8. The summed E-state index contributed by atoms with van der Waals surface area (Å²) < 4.78 is 5.10. The van der Waals surface area contributed by atoms with Crippen molar-refractivity contribution < 1.29 is 9.53 Å². The molecule has 0 amide bonds. The third-order valence-electron chi connectivity index (χ3n) is 3.42. The molecule has 2 rings (SSSR count).